The molecule has 3 aliphatic rings. The lowest BCUT2D eigenvalue weighted by atomic mass is 9.90. The molecule has 1 aromatic carbocycles. The first-order valence-corrected chi connectivity index (χ1v) is 10.7. The largest absolute Gasteiger partial charge is 0.386 e. The molecule has 1 amide bonds. The predicted molar refractivity (Wildman–Crippen MR) is 122 cm³/mol. The maximum atomic E-state index is 15.7. The van der Waals surface area contributed by atoms with E-state index in [1.807, 2.05) is 51.1 Å². The molecule has 0 fully saturated rings. The van der Waals surface area contributed by atoms with Gasteiger partial charge < -0.3 is 15.5 Å². The molecular weight excluding hydrogens is 409 g/mol. The highest BCUT2D eigenvalue weighted by molar-refractivity contribution is 6.05. The summed E-state index contributed by atoms with van der Waals surface area (Å²) in [5.41, 5.74) is 10.5. The summed E-state index contributed by atoms with van der Waals surface area (Å²) in [5.74, 6) is 0.372. The van der Waals surface area contributed by atoms with E-state index >= 15 is 4.39 Å². The lowest BCUT2D eigenvalue weighted by Gasteiger charge is -2.27. The zero-order valence-corrected chi connectivity index (χ0v) is 18.6. The van der Waals surface area contributed by atoms with Crippen molar-refractivity contribution in [3.05, 3.63) is 52.7 Å². The molecule has 0 bridgehead atoms. The molecule has 166 valence electrons. The fraction of sp³-hybridized carbons (Fsp3) is 0.391. The van der Waals surface area contributed by atoms with Crippen molar-refractivity contribution in [3.8, 4) is 0 Å². The number of aliphatic imine (C=N–C) groups is 2. The van der Waals surface area contributed by atoms with Crippen LogP contribution in [-0.4, -0.2) is 52.0 Å². The van der Waals surface area contributed by atoms with E-state index in [-0.39, 0.29) is 30.4 Å². The fourth-order valence-electron chi connectivity index (χ4n) is 4.94. The molecule has 4 heterocycles. The fourth-order valence-corrected chi connectivity index (χ4v) is 4.94. The van der Waals surface area contributed by atoms with Crippen molar-refractivity contribution in [2.24, 2.45) is 21.6 Å². The van der Waals surface area contributed by atoms with Gasteiger partial charge in [-0.2, -0.15) is 5.10 Å². The van der Waals surface area contributed by atoms with Crippen molar-refractivity contribution in [3.63, 3.8) is 0 Å². The number of nitrogens with two attached hydrogens (primary N) is 1. The van der Waals surface area contributed by atoms with E-state index in [0.29, 0.717) is 41.5 Å². The molecule has 8 nitrogen and oxygen atoms in total. The first kappa shape index (κ1) is 20.4. The van der Waals surface area contributed by atoms with Crippen LogP contribution >= 0.6 is 0 Å². The van der Waals surface area contributed by atoms with Crippen LogP contribution in [-0.2, 0) is 17.8 Å². The van der Waals surface area contributed by atoms with Gasteiger partial charge in [0.25, 0.3) is 0 Å². The number of nitrogens with zero attached hydrogens (tertiary/aromatic N) is 6. The van der Waals surface area contributed by atoms with Crippen LogP contribution in [0.25, 0.3) is 5.57 Å². The quantitative estimate of drug-likeness (QED) is 0.800. The van der Waals surface area contributed by atoms with Gasteiger partial charge in [-0.1, -0.05) is 0 Å². The molecule has 0 radical (unpaired) electrons. The van der Waals surface area contributed by atoms with Gasteiger partial charge in [-0.25, -0.2) is 14.4 Å². The van der Waals surface area contributed by atoms with Crippen LogP contribution in [0.5, 0.6) is 0 Å². The first-order valence-electron chi connectivity index (χ1n) is 10.7. The van der Waals surface area contributed by atoms with E-state index in [2.05, 4.69) is 15.1 Å². The molecule has 1 aromatic heterocycles. The molecule has 0 saturated heterocycles. The molecule has 3 aliphatic heterocycles. The van der Waals surface area contributed by atoms with Crippen LogP contribution in [0.4, 0.5) is 10.1 Å². The average Bonchev–Trinajstić information content (AvgIpc) is 3.38. The Hall–Kier alpha value is -3.49. The summed E-state index contributed by atoms with van der Waals surface area (Å²) in [6.45, 7) is 6.20. The normalized spacial score (nSPS) is 21.8. The molecule has 32 heavy (non-hydrogen) atoms. The standard InChI is InChI=1S/C23H26FN7O/c1-12-9-13(2)31(28-12)11-19(32)30-8-7-16-18(30)6-5-15(21(16)24)17-10-29(4)23-20(17)22(25)26-14(3)27-23/h5-6,9-10,20,23H,7-8,11H2,1-4H3,(H2,25,26,27). The smallest absolute Gasteiger partial charge is 0.248 e. The number of amides is 1. The van der Waals surface area contributed by atoms with Crippen molar-refractivity contribution in [2.75, 3.05) is 18.5 Å². The zero-order valence-electron chi connectivity index (χ0n) is 18.6. The molecule has 0 saturated carbocycles. The first-order chi connectivity index (χ1) is 15.2. The maximum absolute atomic E-state index is 15.7. The number of hydrogen-bond acceptors (Lipinski definition) is 6. The Balaban J connectivity index is 1.45. The zero-order chi connectivity index (χ0) is 22.7. The van der Waals surface area contributed by atoms with Gasteiger partial charge in [0.05, 0.1) is 11.6 Å². The van der Waals surface area contributed by atoms with Crippen LogP contribution in [0.1, 0.15) is 29.4 Å². The van der Waals surface area contributed by atoms with Crippen molar-refractivity contribution in [1.82, 2.24) is 14.7 Å². The highest BCUT2D eigenvalue weighted by Crippen LogP contribution is 2.41. The third-order valence-corrected chi connectivity index (χ3v) is 6.42. The van der Waals surface area contributed by atoms with Crippen molar-refractivity contribution >= 4 is 28.8 Å². The van der Waals surface area contributed by atoms with Gasteiger partial charge in [-0.3, -0.25) is 9.48 Å². The van der Waals surface area contributed by atoms with Crippen LogP contribution in [0, 0.1) is 25.6 Å². The van der Waals surface area contributed by atoms with Gasteiger partial charge in [0, 0.05) is 42.3 Å². The molecule has 2 atom stereocenters. The van der Waals surface area contributed by atoms with Crippen LogP contribution < -0.4 is 10.6 Å². The molecule has 0 aliphatic carbocycles. The van der Waals surface area contributed by atoms with E-state index in [1.165, 1.54) is 0 Å². The number of benzene rings is 1. The molecule has 2 N–H and O–H groups in total. The number of halogens is 1. The van der Waals surface area contributed by atoms with Gasteiger partial charge in [0.1, 0.15) is 30.2 Å². The highest BCUT2D eigenvalue weighted by atomic mass is 19.1. The van der Waals surface area contributed by atoms with E-state index in [1.54, 1.807) is 15.6 Å². The maximum Gasteiger partial charge on any atom is 0.248 e. The number of carbonyl (C=O) groups excluding carboxylic acids is 1. The van der Waals surface area contributed by atoms with E-state index in [9.17, 15) is 4.79 Å². The number of aromatic nitrogens is 2. The number of anilines is 1. The van der Waals surface area contributed by atoms with Gasteiger partial charge in [0.15, 0.2) is 0 Å². The molecule has 9 heteroatoms. The Kier molecular flexibility index (Phi) is 4.65. The topological polar surface area (TPSA) is 92.1 Å². The van der Waals surface area contributed by atoms with E-state index < -0.39 is 0 Å². The Morgan fingerprint density at radius 1 is 1.28 bits per heavy atom. The van der Waals surface area contributed by atoms with Gasteiger partial charge in [-0.15, -0.1) is 0 Å². The lowest BCUT2D eigenvalue weighted by Crippen LogP contribution is -2.40. The second-order valence-electron chi connectivity index (χ2n) is 8.66. The van der Waals surface area contributed by atoms with Gasteiger partial charge >= 0.3 is 0 Å². The summed E-state index contributed by atoms with van der Waals surface area (Å²) in [7, 11) is 1.91. The van der Waals surface area contributed by atoms with Gasteiger partial charge in [0.2, 0.25) is 5.91 Å². The number of amidine groups is 2. The molecular formula is C23H26FN7O. The molecule has 0 spiro atoms. The Bertz CT molecular complexity index is 1230. The van der Waals surface area contributed by atoms with E-state index in [0.717, 1.165) is 17.0 Å². The van der Waals surface area contributed by atoms with Gasteiger partial charge in [-0.05, 0) is 51.0 Å². The second-order valence-corrected chi connectivity index (χ2v) is 8.66. The SMILES string of the molecule is CC1=NC2C(C(c3ccc4c(c3F)CCN4C(=O)Cn3nc(C)cc3C)=CN2C)C(N)=N1. The molecule has 2 unspecified atom stereocenters. The summed E-state index contributed by atoms with van der Waals surface area (Å²) < 4.78 is 17.4. The minimum absolute atomic E-state index is 0.101. The van der Waals surface area contributed by atoms with Crippen molar-refractivity contribution in [1.29, 1.82) is 0 Å². The number of fused-ring (bicyclic) bond motifs is 2. The summed E-state index contributed by atoms with van der Waals surface area (Å²) in [6.07, 6.45) is 2.15. The minimum atomic E-state index is -0.303. The Labute approximate surface area is 185 Å². The van der Waals surface area contributed by atoms with Crippen molar-refractivity contribution < 1.29 is 9.18 Å². The third-order valence-electron chi connectivity index (χ3n) is 6.42. The van der Waals surface area contributed by atoms with Crippen LogP contribution in [0.15, 0.2) is 34.4 Å². The molecule has 5 rings (SSSR count). The monoisotopic (exact) mass is 435 g/mol. The lowest BCUT2D eigenvalue weighted by molar-refractivity contribution is -0.119. The third kappa shape index (κ3) is 3.11. The summed E-state index contributed by atoms with van der Waals surface area (Å²) in [5, 5.41) is 4.37. The number of hydrogen-bond donors (Lipinski definition) is 1. The predicted octanol–water partition coefficient (Wildman–Crippen LogP) is 2.25. The van der Waals surface area contributed by atoms with Crippen LogP contribution in [0.3, 0.4) is 0 Å². The number of aryl methyl sites for hydroxylation is 2. The summed E-state index contributed by atoms with van der Waals surface area (Å²) in [4.78, 5) is 25.5. The van der Waals surface area contributed by atoms with Crippen LogP contribution in [0.2, 0.25) is 0 Å². The van der Waals surface area contributed by atoms with E-state index in [4.69, 9.17) is 5.73 Å². The summed E-state index contributed by atoms with van der Waals surface area (Å²) >= 11 is 0. The van der Waals surface area contributed by atoms with Crippen molar-refractivity contribution in [2.45, 2.75) is 39.9 Å². The average molecular weight is 436 g/mol. The minimum Gasteiger partial charge on any atom is -0.386 e. The Morgan fingerprint density at radius 3 is 2.78 bits per heavy atom. The second kappa shape index (κ2) is 7.29. The Morgan fingerprint density at radius 2 is 2.06 bits per heavy atom. The molecule has 2 aromatic rings. The number of carbonyl (C=O) groups is 1. The number of rotatable bonds is 3. The highest BCUT2D eigenvalue weighted by Gasteiger charge is 2.40. The summed E-state index contributed by atoms with van der Waals surface area (Å²) in [6, 6.07) is 5.50.